The highest BCUT2D eigenvalue weighted by atomic mass is 31.2. The summed E-state index contributed by atoms with van der Waals surface area (Å²) in [6, 6.07) is -1.23. The maximum absolute atomic E-state index is 13.0. The van der Waals surface area contributed by atoms with Gasteiger partial charge in [0, 0.05) is 32.2 Å². The van der Waals surface area contributed by atoms with Gasteiger partial charge in [0.15, 0.2) is 0 Å². The van der Waals surface area contributed by atoms with Gasteiger partial charge in [-0.15, -0.1) is 0 Å². The van der Waals surface area contributed by atoms with E-state index in [0.717, 1.165) is 6.92 Å². The fraction of sp³-hybridized carbons (Fsp3) is 0.480. The summed E-state index contributed by atoms with van der Waals surface area (Å²) in [6.07, 6.45) is -1.74. The molecule has 19 heteroatoms. The summed E-state index contributed by atoms with van der Waals surface area (Å²) in [5.74, 6) is -9.15. The topological polar surface area (TPSA) is 295 Å². The van der Waals surface area contributed by atoms with Crippen LogP contribution in [0, 0.1) is 5.92 Å². The second-order valence-electron chi connectivity index (χ2n) is 9.93. The molecule has 1 aromatic carbocycles. The Kier molecular flexibility index (Phi) is 14.4. The number of aliphatic carboxylic acids is 3. The van der Waals surface area contributed by atoms with Gasteiger partial charge in [0.1, 0.15) is 17.8 Å². The normalized spacial score (nSPS) is 13.9. The number of carbonyl (C=O) groups excluding carboxylic acids is 4. The van der Waals surface area contributed by atoms with Crippen LogP contribution in [0.15, 0.2) is 24.3 Å². The molecule has 0 aliphatic rings. The van der Waals surface area contributed by atoms with Crippen molar-refractivity contribution in [2.24, 2.45) is 5.92 Å². The number of phosphoric acid groups is 1. The van der Waals surface area contributed by atoms with E-state index in [1.807, 2.05) is 5.32 Å². The van der Waals surface area contributed by atoms with Crippen LogP contribution in [-0.4, -0.2) is 90.8 Å². The van der Waals surface area contributed by atoms with Crippen LogP contribution in [0.5, 0.6) is 5.75 Å². The number of amides is 4. The minimum Gasteiger partial charge on any atom is -0.481 e. The summed E-state index contributed by atoms with van der Waals surface area (Å²) in [5, 5.41) is 36.7. The van der Waals surface area contributed by atoms with Crippen molar-refractivity contribution in [2.45, 2.75) is 70.6 Å². The average Bonchev–Trinajstić information content (AvgIpc) is 2.87. The largest absolute Gasteiger partial charge is 0.524 e. The quantitative estimate of drug-likeness (QED) is 0.0665. The number of hydrogen-bond acceptors (Lipinski definition) is 9. The number of carbonyl (C=O) groups is 7. The summed E-state index contributed by atoms with van der Waals surface area (Å²) in [4.78, 5) is 102. The average molecular weight is 647 g/mol. The highest BCUT2D eigenvalue weighted by Crippen LogP contribution is 2.37. The smallest absolute Gasteiger partial charge is 0.481 e. The molecule has 0 saturated carbocycles. The van der Waals surface area contributed by atoms with Crippen LogP contribution in [0.3, 0.4) is 0 Å². The molecule has 0 aliphatic carbocycles. The minimum absolute atomic E-state index is 0.195. The van der Waals surface area contributed by atoms with E-state index < -0.39 is 92.3 Å². The van der Waals surface area contributed by atoms with Gasteiger partial charge in [0.25, 0.3) is 5.91 Å². The molecular formula is C25H35N4O14P. The van der Waals surface area contributed by atoms with E-state index in [-0.39, 0.29) is 18.6 Å². The maximum atomic E-state index is 13.0. The molecule has 1 aromatic rings. The van der Waals surface area contributed by atoms with Crippen molar-refractivity contribution >= 4 is 49.4 Å². The van der Waals surface area contributed by atoms with Crippen molar-refractivity contribution in [3.8, 4) is 5.75 Å². The van der Waals surface area contributed by atoms with Gasteiger partial charge < -0.3 is 41.1 Å². The molecule has 0 unspecified atom stereocenters. The molecule has 9 N–H and O–H groups in total. The van der Waals surface area contributed by atoms with Gasteiger partial charge in [-0.3, -0.25) is 33.8 Å². The maximum Gasteiger partial charge on any atom is 0.524 e. The summed E-state index contributed by atoms with van der Waals surface area (Å²) < 4.78 is 15.4. The molecule has 18 nitrogen and oxygen atoms in total. The molecule has 244 valence electrons. The van der Waals surface area contributed by atoms with E-state index in [0.29, 0.717) is 5.56 Å². The van der Waals surface area contributed by atoms with Gasteiger partial charge in [0.2, 0.25) is 23.8 Å². The first kappa shape index (κ1) is 37.5. The molecule has 0 radical (unpaired) electrons. The predicted molar refractivity (Wildman–Crippen MR) is 148 cm³/mol. The van der Waals surface area contributed by atoms with E-state index in [1.165, 1.54) is 38.1 Å². The monoisotopic (exact) mass is 646 g/mol. The third-order valence-electron chi connectivity index (χ3n) is 5.81. The third kappa shape index (κ3) is 14.1. The second kappa shape index (κ2) is 16.9. The SMILES string of the molecule is CC(=O)N[C@@H](Cc1ccc(OP(=O)(O)O)cc1)C(=O)N[C@@H](C(=O)O)C(=O)N[C@H](CCC(=O)O)CC(=O)N[C@H](C(=O)O)C(C)C. The van der Waals surface area contributed by atoms with Crippen LogP contribution in [0.1, 0.15) is 45.6 Å². The first-order chi connectivity index (χ1) is 20.3. The second-order valence-corrected chi connectivity index (χ2v) is 11.1. The Bertz CT molecular complexity index is 1280. The lowest BCUT2D eigenvalue weighted by atomic mass is 10.0. The third-order valence-corrected chi connectivity index (χ3v) is 6.26. The van der Waals surface area contributed by atoms with Gasteiger partial charge in [0.05, 0.1) is 0 Å². The lowest BCUT2D eigenvalue weighted by molar-refractivity contribution is -0.147. The number of carboxylic acid groups (broad SMARTS) is 3. The molecule has 0 aliphatic heterocycles. The number of rotatable bonds is 18. The molecule has 1 rings (SSSR count). The van der Waals surface area contributed by atoms with Gasteiger partial charge >= 0.3 is 25.7 Å². The van der Waals surface area contributed by atoms with Crippen molar-refractivity contribution in [3.05, 3.63) is 29.8 Å². The fourth-order valence-corrected chi connectivity index (χ4v) is 4.17. The Balaban J connectivity index is 3.09. The fourth-order valence-electron chi connectivity index (χ4n) is 3.77. The zero-order valence-electron chi connectivity index (χ0n) is 23.9. The van der Waals surface area contributed by atoms with Gasteiger partial charge in [-0.1, -0.05) is 26.0 Å². The van der Waals surface area contributed by atoms with Crippen molar-refractivity contribution in [2.75, 3.05) is 0 Å². The van der Waals surface area contributed by atoms with E-state index >= 15 is 0 Å². The minimum atomic E-state index is -4.83. The molecule has 0 heterocycles. The number of nitrogens with one attached hydrogen (secondary N) is 4. The molecule has 0 bridgehead atoms. The molecule has 4 amide bonds. The number of hydrogen-bond donors (Lipinski definition) is 9. The van der Waals surface area contributed by atoms with Gasteiger partial charge in [-0.05, 0) is 30.0 Å². The lowest BCUT2D eigenvalue weighted by Crippen LogP contribution is -2.58. The van der Waals surface area contributed by atoms with Gasteiger partial charge in [-0.25, -0.2) is 14.2 Å². The summed E-state index contributed by atoms with van der Waals surface area (Å²) in [5.41, 5.74) is 0.342. The van der Waals surface area contributed by atoms with E-state index in [1.54, 1.807) is 0 Å². The van der Waals surface area contributed by atoms with E-state index in [9.17, 15) is 48.3 Å². The Morgan fingerprint density at radius 3 is 1.89 bits per heavy atom. The number of carboxylic acids is 3. The molecule has 0 saturated heterocycles. The van der Waals surface area contributed by atoms with Crippen LogP contribution in [0.2, 0.25) is 0 Å². The van der Waals surface area contributed by atoms with Crippen molar-refractivity contribution in [1.82, 2.24) is 21.3 Å². The lowest BCUT2D eigenvalue weighted by Gasteiger charge is -2.24. The number of benzene rings is 1. The Labute approximate surface area is 250 Å². The van der Waals surface area contributed by atoms with Crippen molar-refractivity contribution < 1.29 is 67.8 Å². The highest BCUT2D eigenvalue weighted by molar-refractivity contribution is 7.46. The standard InChI is InChI=1S/C25H35N4O14P/c1-12(2)20(24(36)37)28-18(31)11-15(6-9-19(32)33)27-23(35)21(25(38)39)29-22(34)17(26-13(3)30)10-14-4-7-16(8-5-14)43-44(40,41)42/h4-5,7-8,12,15,17,20-21H,6,9-11H2,1-3H3,(H,26,30)(H,27,35)(H,28,31)(H,29,34)(H,32,33)(H,36,37)(H,38,39)(H2,40,41,42)/t15-,17+,20+,21-/m1/s1. The highest BCUT2D eigenvalue weighted by Gasteiger charge is 2.33. The first-order valence-corrected chi connectivity index (χ1v) is 14.5. The zero-order chi connectivity index (χ0) is 33.8. The number of phosphoric ester groups is 1. The Hall–Kier alpha value is -4.54. The zero-order valence-corrected chi connectivity index (χ0v) is 24.8. The van der Waals surface area contributed by atoms with Crippen LogP contribution in [0.25, 0.3) is 0 Å². The first-order valence-electron chi connectivity index (χ1n) is 13.0. The summed E-state index contributed by atoms with van der Waals surface area (Å²) >= 11 is 0. The molecule has 0 spiro atoms. The van der Waals surface area contributed by atoms with Gasteiger partial charge in [-0.2, -0.15) is 0 Å². The van der Waals surface area contributed by atoms with E-state index in [2.05, 4.69) is 20.5 Å². The summed E-state index contributed by atoms with van der Waals surface area (Å²) in [6.45, 7) is 4.14. The summed E-state index contributed by atoms with van der Waals surface area (Å²) in [7, 11) is -4.83. The van der Waals surface area contributed by atoms with Crippen molar-refractivity contribution in [3.63, 3.8) is 0 Å². The molecular weight excluding hydrogens is 611 g/mol. The van der Waals surface area contributed by atoms with Crippen molar-refractivity contribution in [1.29, 1.82) is 0 Å². The van der Waals surface area contributed by atoms with Crippen LogP contribution in [0.4, 0.5) is 0 Å². The Morgan fingerprint density at radius 1 is 0.841 bits per heavy atom. The van der Waals surface area contributed by atoms with Crippen LogP contribution >= 0.6 is 7.82 Å². The Morgan fingerprint density at radius 2 is 1.43 bits per heavy atom. The molecule has 0 fully saturated rings. The molecule has 0 aromatic heterocycles. The van der Waals surface area contributed by atoms with Crippen LogP contribution in [-0.2, 0) is 44.5 Å². The predicted octanol–water partition coefficient (Wildman–Crippen LogP) is -1.26. The van der Waals surface area contributed by atoms with Crippen LogP contribution < -0.4 is 25.8 Å². The molecule has 4 atom stereocenters. The molecule has 44 heavy (non-hydrogen) atoms. The van der Waals surface area contributed by atoms with E-state index in [4.69, 9.17) is 14.9 Å².